The van der Waals surface area contributed by atoms with Crippen LogP contribution < -0.4 is 11.1 Å². The summed E-state index contributed by atoms with van der Waals surface area (Å²) in [6.07, 6.45) is 1.40. The first-order valence-electron chi connectivity index (χ1n) is 7.20. The van der Waals surface area contributed by atoms with Crippen LogP contribution in [0.3, 0.4) is 0 Å². The number of amides is 2. The SMILES string of the molecule is Cc1c(F)cc(C(N)=O)cc1NC(=O)c1cccc(-n2cnnn2)c1. The smallest absolute Gasteiger partial charge is 0.255 e. The van der Waals surface area contributed by atoms with E-state index in [1.165, 1.54) is 24.0 Å². The predicted octanol–water partition coefficient (Wildman–Crippen LogP) is 1.46. The lowest BCUT2D eigenvalue weighted by atomic mass is 10.1. The van der Waals surface area contributed by atoms with Crippen LogP contribution in [0.5, 0.6) is 0 Å². The van der Waals surface area contributed by atoms with E-state index in [1.54, 1.807) is 24.3 Å². The average molecular weight is 340 g/mol. The van der Waals surface area contributed by atoms with Crippen LogP contribution in [0.15, 0.2) is 42.7 Å². The van der Waals surface area contributed by atoms with Crippen LogP contribution in [0.25, 0.3) is 5.69 Å². The zero-order valence-corrected chi connectivity index (χ0v) is 13.1. The highest BCUT2D eigenvalue weighted by molar-refractivity contribution is 6.05. The minimum atomic E-state index is -0.782. The van der Waals surface area contributed by atoms with Crippen molar-refractivity contribution < 1.29 is 14.0 Å². The molecule has 25 heavy (non-hydrogen) atoms. The van der Waals surface area contributed by atoms with Crippen molar-refractivity contribution in [3.05, 3.63) is 65.2 Å². The summed E-state index contributed by atoms with van der Waals surface area (Å²) >= 11 is 0. The van der Waals surface area contributed by atoms with E-state index in [0.717, 1.165) is 6.07 Å². The maximum Gasteiger partial charge on any atom is 0.255 e. The van der Waals surface area contributed by atoms with Crippen LogP contribution in [0.4, 0.5) is 10.1 Å². The first-order valence-corrected chi connectivity index (χ1v) is 7.20. The predicted molar refractivity (Wildman–Crippen MR) is 86.8 cm³/mol. The Balaban J connectivity index is 1.91. The minimum absolute atomic E-state index is 0.0270. The third-order valence-corrected chi connectivity index (χ3v) is 3.60. The Morgan fingerprint density at radius 3 is 2.68 bits per heavy atom. The molecule has 0 atom stereocenters. The van der Waals surface area contributed by atoms with Gasteiger partial charge in [0.05, 0.1) is 5.69 Å². The summed E-state index contributed by atoms with van der Waals surface area (Å²) in [5.74, 6) is -1.89. The fourth-order valence-electron chi connectivity index (χ4n) is 2.21. The van der Waals surface area contributed by atoms with Crippen LogP contribution in [0.1, 0.15) is 26.3 Å². The first kappa shape index (κ1) is 16.2. The molecule has 8 nitrogen and oxygen atoms in total. The number of tetrazole rings is 1. The molecule has 0 unspecified atom stereocenters. The number of hydrogen-bond acceptors (Lipinski definition) is 5. The Hall–Kier alpha value is -3.62. The summed E-state index contributed by atoms with van der Waals surface area (Å²) in [5, 5.41) is 13.4. The number of nitrogens with two attached hydrogens (primary N) is 1. The number of nitrogens with zero attached hydrogens (tertiary/aromatic N) is 4. The number of halogens is 1. The molecule has 0 aliphatic carbocycles. The van der Waals surface area contributed by atoms with Crippen LogP contribution >= 0.6 is 0 Å². The summed E-state index contributed by atoms with van der Waals surface area (Å²) in [5.41, 5.74) is 6.43. The van der Waals surface area contributed by atoms with Crippen molar-refractivity contribution in [1.82, 2.24) is 20.2 Å². The zero-order chi connectivity index (χ0) is 18.0. The van der Waals surface area contributed by atoms with Gasteiger partial charge in [-0.3, -0.25) is 9.59 Å². The van der Waals surface area contributed by atoms with Gasteiger partial charge in [0.15, 0.2) is 0 Å². The Morgan fingerprint density at radius 2 is 2.00 bits per heavy atom. The fourth-order valence-corrected chi connectivity index (χ4v) is 2.21. The molecule has 0 bridgehead atoms. The Labute approximate surface area is 141 Å². The van der Waals surface area contributed by atoms with Gasteiger partial charge in [0, 0.05) is 22.4 Å². The first-order chi connectivity index (χ1) is 12.0. The quantitative estimate of drug-likeness (QED) is 0.746. The Kier molecular flexibility index (Phi) is 4.21. The number of nitrogens with one attached hydrogen (secondary N) is 1. The summed E-state index contributed by atoms with van der Waals surface area (Å²) in [6, 6.07) is 8.93. The Bertz CT molecular complexity index is 955. The maximum atomic E-state index is 13.9. The van der Waals surface area contributed by atoms with Crippen LogP contribution in [0, 0.1) is 12.7 Å². The fraction of sp³-hybridized carbons (Fsp3) is 0.0625. The number of benzene rings is 2. The van der Waals surface area contributed by atoms with Gasteiger partial charge in [0.25, 0.3) is 5.91 Å². The topological polar surface area (TPSA) is 116 Å². The molecule has 0 saturated carbocycles. The molecule has 3 aromatic rings. The summed E-state index contributed by atoms with van der Waals surface area (Å²) in [4.78, 5) is 23.7. The molecule has 1 aromatic heterocycles. The van der Waals surface area contributed by atoms with Crippen molar-refractivity contribution in [2.45, 2.75) is 6.92 Å². The highest BCUT2D eigenvalue weighted by Crippen LogP contribution is 2.21. The van der Waals surface area contributed by atoms with Gasteiger partial charge in [0.1, 0.15) is 12.1 Å². The van der Waals surface area contributed by atoms with Crippen LogP contribution in [0.2, 0.25) is 0 Å². The molecule has 0 spiro atoms. The Morgan fingerprint density at radius 1 is 1.20 bits per heavy atom. The number of primary amides is 1. The number of carbonyl (C=O) groups is 2. The minimum Gasteiger partial charge on any atom is -0.366 e. The molecule has 0 aliphatic rings. The lowest BCUT2D eigenvalue weighted by molar-refractivity contribution is 0.0995. The van der Waals surface area contributed by atoms with E-state index >= 15 is 0 Å². The van der Waals surface area contributed by atoms with Gasteiger partial charge < -0.3 is 11.1 Å². The summed E-state index contributed by atoms with van der Waals surface area (Å²) in [6.45, 7) is 1.49. The molecule has 1 heterocycles. The van der Waals surface area contributed by atoms with Crippen LogP contribution in [-0.2, 0) is 0 Å². The van der Waals surface area contributed by atoms with E-state index in [1.807, 2.05) is 0 Å². The van der Waals surface area contributed by atoms with Crippen molar-refractivity contribution in [1.29, 1.82) is 0 Å². The van der Waals surface area contributed by atoms with Gasteiger partial charge >= 0.3 is 0 Å². The molecule has 0 aliphatic heterocycles. The molecule has 126 valence electrons. The third kappa shape index (κ3) is 3.34. The van der Waals surface area contributed by atoms with Crippen molar-refractivity contribution in [3.8, 4) is 5.69 Å². The molecule has 3 N–H and O–H groups in total. The van der Waals surface area contributed by atoms with E-state index in [2.05, 4.69) is 20.8 Å². The molecular weight excluding hydrogens is 327 g/mol. The number of hydrogen-bond donors (Lipinski definition) is 2. The lowest BCUT2D eigenvalue weighted by Crippen LogP contribution is -2.16. The van der Waals surface area contributed by atoms with Gasteiger partial charge in [-0.15, -0.1) is 5.10 Å². The number of carbonyl (C=O) groups excluding carboxylic acids is 2. The standard InChI is InChI=1S/C16H13FN6O2/c1-9-13(17)6-11(15(18)24)7-14(9)20-16(25)10-3-2-4-12(5-10)23-8-19-21-22-23/h2-8H,1H3,(H2,18,24)(H,20,25). The van der Waals surface area contributed by atoms with Gasteiger partial charge in [-0.25, -0.2) is 9.07 Å². The van der Waals surface area contributed by atoms with Gasteiger partial charge in [-0.2, -0.15) is 0 Å². The molecule has 2 amide bonds. The van der Waals surface area contributed by atoms with Gasteiger partial charge in [0.2, 0.25) is 5.91 Å². The molecule has 2 aromatic carbocycles. The van der Waals surface area contributed by atoms with E-state index in [9.17, 15) is 14.0 Å². The third-order valence-electron chi connectivity index (χ3n) is 3.60. The molecule has 0 saturated heterocycles. The highest BCUT2D eigenvalue weighted by atomic mass is 19.1. The second-order valence-corrected chi connectivity index (χ2v) is 5.25. The number of rotatable bonds is 4. The number of anilines is 1. The van der Waals surface area contributed by atoms with Crippen LogP contribution in [-0.4, -0.2) is 32.0 Å². The van der Waals surface area contributed by atoms with E-state index < -0.39 is 17.6 Å². The second kappa shape index (κ2) is 6.48. The summed E-state index contributed by atoms with van der Waals surface area (Å²) < 4.78 is 15.3. The maximum absolute atomic E-state index is 13.9. The van der Waals surface area contributed by atoms with Crippen molar-refractivity contribution in [2.75, 3.05) is 5.32 Å². The number of aromatic nitrogens is 4. The molecule has 3 rings (SSSR count). The monoisotopic (exact) mass is 340 g/mol. The van der Waals surface area contributed by atoms with Crippen molar-refractivity contribution in [3.63, 3.8) is 0 Å². The average Bonchev–Trinajstić information content (AvgIpc) is 3.13. The van der Waals surface area contributed by atoms with Gasteiger partial charge in [-0.05, 0) is 47.7 Å². The van der Waals surface area contributed by atoms with Gasteiger partial charge in [-0.1, -0.05) is 6.07 Å². The summed E-state index contributed by atoms with van der Waals surface area (Å²) in [7, 11) is 0. The largest absolute Gasteiger partial charge is 0.366 e. The van der Waals surface area contributed by atoms with Crippen molar-refractivity contribution >= 4 is 17.5 Å². The molecule has 0 radical (unpaired) electrons. The van der Waals surface area contributed by atoms with Crippen molar-refractivity contribution in [2.24, 2.45) is 5.73 Å². The van der Waals surface area contributed by atoms with E-state index in [4.69, 9.17) is 5.73 Å². The molecule has 0 fully saturated rings. The molecular formula is C16H13FN6O2. The normalized spacial score (nSPS) is 10.5. The highest BCUT2D eigenvalue weighted by Gasteiger charge is 2.14. The zero-order valence-electron chi connectivity index (χ0n) is 13.1. The second-order valence-electron chi connectivity index (χ2n) is 5.25. The molecule has 9 heteroatoms. The lowest BCUT2D eigenvalue weighted by Gasteiger charge is -2.11. The van der Waals surface area contributed by atoms with E-state index in [0.29, 0.717) is 11.3 Å². The van der Waals surface area contributed by atoms with E-state index in [-0.39, 0.29) is 16.8 Å².